The normalized spacial score (nSPS) is 17.4. The molecule has 0 radical (unpaired) electrons. The van der Waals surface area contributed by atoms with Gasteiger partial charge in [0, 0.05) is 25.8 Å². The van der Waals surface area contributed by atoms with Crippen LogP contribution in [0.2, 0.25) is 5.02 Å². The number of benzene rings is 1. The second kappa shape index (κ2) is 9.00. The standard InChI is InChI=1S/C20H21ClF3N3O2/c21-17-10-16(20(22,23)24)12-27(19(17)29)13-18(28)25-7-9-26-8-6-15(11-26)14-4-2-1-3-5-14/h1-5,10,12,15H,6-9,11,13H2,(H,25,28)/t15-/m0/s1. The van der Waals surface area contributed by atoms with E-state index >= 15 is 0 Å². The largest absolute Gasteiger partial charge is 0.417 e. The van der Waals surface area contributed by atoms with Gasteiger partial charge in [0.25, 0.3) is 5.56 Å². The van der Waals surface area contributed by atoms with Crippen LogP contribution in [0.15, 0.2) is 47.4 Å². The Morgan fingerprint density at radius 1 is 1.24 bits per heavy atom. The number of likely N-dealkylation sites (tertiary alicyclic amines) is 1. The molecular weight excluding hydrogens is 407 g/mol. The first-order valence-electron chi connectivity index (χ1n) is 9.25. The summed E-state index contributed by atoms with van der Waals surface area (Å²) in [6, 6.07) is 10.8. The zero-order chi connectivity index (χ0) is 21.0. The first-order valence-corrected chi connectivity index (χ1v) is 9.63. The lowest BCUT2D eigenvalue weighted by molar-refractivity contribution is -0.138. The van der Waals surface area contributed by atoms with Gasteiger partial charge in [0.1, 0.15) is 11.6 Å². The fourth-order valence-electron chi connectivity index (χ4n) is 3.47. The summed E-state index contributed by atoms with van der Waals surface area (Å²) in [5, 5.41) is 2.08. The van der Waals surface area contributed by atoms with Gasteiger partial charge in [-0.1, -0.05) is 41.9 Å². The highest BCUT2D eigenvalue weighted by molar-refractivity contribution is 6.30. The molecule has 3 rings (SSSR count). The van der Waals surface area contributed by atoms with Crippen LogP contribution in [-0.4, -0.2) is 41.6 Å². The minimum atomic E-state index is -4.65. The predicted molar refractivity (Wildman–Crippen MR) is 104 cm³/mol. The summed E-state index contributed by atoms with van der Waals surface area (Å²) in [6.45, 7) is 2.27. The second-order valence-electron chi connectivity index (χ2n) is 7.05. The second-order valence-corrected chi connectivity index (χ2v) is 7.46. The van der Waals surface area contributed by atoms with E-state index in [2.05, 4.69) is 22.3 Å². The molecule has 1 saturated heterocycles. The van der Waals surface area contributed by atoms with E-state index in [1.807, 2.05) is 18.2 Å². The Bertz CT molecular complexity index is 915. The molecule has 1 amide bonds. The van der Waals surface area contributed by atoms with Crippen molar-refractivity contribution in [3.05, 3.63) is 69.1 Å². The molecule has 0 unspecified atom stereocenters. The molecule has 0 aliphatic carbocycles. The third-order valence-corrected chi connectivity index (χ3v) is 5.25. The number of aromatic nitrogens is 1. The van der Waals surface area contributed by atoms with Crippen LogP contribution in [0.3, 0.4) is 0 Å². The van der Waals surface area contributed by atoms with Crippen molar-refractivity contribution < 1.29 is 18.0 Å². The van der Waals surface area contributed by atoms with Crippen molar-refractivity contribution >= 4 is 17.5 Å². The molecule has 9 heteroatoms. The van der Waals surface area contributed by atoms with Crippen LogP contribution in [0.1, 0.15) is 23.5 Å². The van der Waals surface area contributed by atoms with Gasteiger partial charge in [-0.15, -0.1) is 0 Å². The molecule has 156 valence electrons. The van der Waals surface area contributed by atoms with Gasteiger partial charge in [-0.3, -0.25) is 9.59 Å². The molecule has 0 bridgehead atoms. The lowest BCUT2D eigenvalue weighted by Gasteiger charge is -2.17. The summed E-state index contributed by atoms with van der Waals surface area (Å²) in [6.07, 6.45) is -3.00. The number of carbonyl (C=O) groups excluding carboxylic acids is 1. The number of halogens is 4. The van der Waals surface area contributed by atoms with Gasteiger partial charge in [-0.2, -0.15) is 13.2 Å². The number of pyridine rings is 1. The Morgan fingerprint density at radius 2 is 1.97 bits per heavy atom. The number of amides is 1. The Balaban J connectivity index is 1.50. The number of alkyl halides is 3. The number of carbonyl (C=O) groups is 1. The highest BCUT2D eigenvalue weighted by Crippen LogP contribution is 2.29. The molecule has 1 fully saturated rings. The number of hydrogen-bond donors (Lipinski definition) is 1. The van der Waals surface area contributed by atoms with E-state index in [0.29, 0.717) is 35.8 Å². The Kier molecular flexibility index (Phi) is 6.64. The van der Waals surface area contributed by atoms with E-state index in [0.717, 1.165) is 19.5 Å². The maximum atomic E-state index is 12.9. The molecule has 1 aliphatic heterocycles. The zero-order valence-corrected chi connectivity index (χ0v) is 16.3. The Morgan fingerprint density at radius 3 is 2.66 bits per heavy atom. The molecule has 2 heterocycles. The van der Waals surface area contributed by atoms with Crippen molar-refractivity contribution in [3.8, 4) is 0 Å². The van der Waals surface area contributed by atoms with E-state index in [1.54, 1.807) is 0 Å². The fourth-order valence-corrected chi connectivity index (χ4v) is 3.69. The highest BCUT2D eigenvalue weighted by atomic mass is 35.5. The van der Waals surface area contributed by atoms with Crippen LogP contribution >= 0.6 is 11.6 Å². The molecule has 5 nitrogen and oxygen atoms in total. The fraction of sp³-hybridized carbons (Fsp3) is 0.400. The van der Waals surface area contributed by atoms with Crippen LogP contribution < -0.4 is 10.9 Å². The lowest BCUT2D eigenvalue weighted by Crippen LogP contribution is -2.37. The van der Waals surface area contributed by atoms with Gasteiger partial charge in [0.2, 0.25) is 5.91 Å². The number of nitrogens with one attached hydrogen (secondary N) is 1. The number of nitrogens with zero attached hydrogens (tertiary/aromatic N) is 2. The van der Waals surface area contributed by atoms with Crippen LogP contribution in [0.5, 0.6) is 0 Å². The van der Waals surface area contributed by atoms with Gasteiger partial charge < -0.3 is 14.8 Å². The summed E-state index contributed by atoms with van der Waals surface area (Å²) >= 11 is 5.59. The smallest absolute Gasteiger partial charge is 0.353 e. The molecule has 1 N–H and O–H groups in total. The first-order chi connectivity index (χ1) is 13.7. The van der Waals surface area contributed by atoms with E-state index in [-0.39, 0.29) is 0 Å². The molecule has 2 aromatic rings. The third kappa shape index (κ3) is 5.61. The van der Waals surface area contributed by atoms with Crippen molar-refractivity contribution in [2.24, 2.45) is 0 Å². The maximum absolute atomic E-state index is 12.9. The predicted octanol–water partition coefficient (Wildman–Crippen LogP) is 3.13. The Labute approximate surface area is 171 Å². The van der Waals surface area contributed by atoms with Crippen molar-refractivity contribution in [1.82, 2.24) is 14.8 Å². The molecule has 0 spiro atoms. The summed E-state index contributed by atoms with van der Waals surface area (Å²) in [5.41, 5.74) is -0.612. The monoisotopic (exact) mass is 427 g/mol. The third-order valence-electron chi connectivity index (χ3n) is 4.98. The summed E-state index contributed by atoms with van der Waals surface area (Å²) in [5.74, 6) is -0.0842. The van der Waals surface area contributed by atoms with Crippen molar-refractivity contribution in [3.63, 3.8) is 0 Å². The van der Waals surface area contributed by atoms with Crippen LogP contribution in [-0.2, 0) is 17.5 Å². The van der Waals surface area contributed by atoms with Crippen molar-refractivity contribution in [2.75, 3.05) is 26.2 Å². The minimum Gasteiger partial charge on any atom is -0.353 e. The highest BCUT2D eigenvalue weighted by Gasteiger charge is 2.32. The molecular formula is C20H21ClF3N3O2. The van der Waals surface area contributed by atoms with Gasteiger partial charge in [-0.25, -0.2) is 0 Å². The maximum Gasteiger partial charge on any atom is 0.417 e. The number of rotatable bonds is 6. The molecule has 1 atom stereocenters. The summed E-state index contributed by atoms with van der Waals surface area (Å²) in [4.78, 5) is 26.2. The number of hydrogen-bond acceptors (Lipinski definition) is 3. The van der Waals surface area contributed by atoms with Gasteiger partial charge in [-0.05, 0) is 30.5 Å². The van der Waals surface area contributed by atoms with Crippen LogP contribution in [0.25, 0.3) is 0 Å². The summed E-state index contributed by atoms with van der Waals surface area (Å²) in [7, 11) is 0. The zero-order valence-electron chi connectivity index (χ0n) is 15.6. The van der Waals surface area contributed by atoms with E-state index in [4.69, 9.17) is 11.6 Å². The average Bonchev–Trinajstić information content (AvgIpc) is 3.14. The van der Waals surface area contributed by atoms with E-state index in [9.17, 15) is 22.8 Å². The molecule has 1 aromatic heterocycles. The summed E-state index contributed by atoms with van der Waals surface area (Å²) < 4.78 is 39.3. The quantitative estimate of drug-likeness (QED) is 0.770. The molecule has 29 heavy (non-hydrogen) atoms. The van der Waals surface area contributed by atoms with Crippen LogP contribution in [0.4, 0.5) is 13.2 Å². The average molecular weight is 428 g/mol. The van der Waals surface area contributed by atoms with E-state index in [1.165, 1.54) is 5.56 Å². The minimum absolute atomic E-state index is 0.349. The van der Waals surface area contributed by atoms with Gasteiger partial charge >= 0.3 is 6.18 Å². The molecule has 1 aromatic carbocycles. The van der Waals surface area contributed by atoms with Gasteiger partial charge in [0.05, 0.1) is 5.56 Å². The molecule has 1 aliphatic rings. The first kappa shape index (κ1) is 21.4. The SMILES string of the molecule is O=C(Cn1cc(C(F)(F)F)cc(Cl)c1=O)NCCN1CC[C@H](c2ccccc2)C1. The van der Waals surface area contributed by atoms with Crippen molar-refractivity contribution in [1.29, 1.82) is 0 Å². The van der Waals surface area contributed by atoms with E-state index < -0.39 is 34.8 Å². The topological polar surface area (TPSA) is 54.3 Å². The van der Waals surface area contributed by atoms with Crippen LogP contribution in [0, 0.1) is 0 Å². The Hall–Kier alpha value is -2.32. The van der Waals surface area contributed by atoms with Gasteiger partial charge in [0.15, 0.2) is 0 Å². The van der Waals surface area contributed by atoms with Crippen molar-refractivity contribution in [2.45, 2.75) is 25.1 Å². The lowest BCUT2D eigenvalue weighted by atomic mass is 9.99. The molecule has 0 saturated carbocycles.